The number of pyridine rings is 1. The van der Waals surface area contributed by atoms with Crippen LogP contribution < -0.4 is 10.7 Å². The quantitative estimate of drug-likeness (QED) is 0.491. The molecule has 6 nitrogen and oxygen atoms in total. The third-order valence-electron chi connectivity index (χ3n) is 2.95. The summed E-state index contributed by atoms with van der Waals surface area (Å²) in [5.74, 6) is 0. The molecule has 0 aliphatic carbocycles. The molecule has 0 fully saturated rings. The zero-order valence-electron chi connectivity index (χ0n) is 12.5. The smallest absolute Gasteiger partial charge is 0.227 e. The van der Waals surface area contributed by atoms with Gasteiger partial charge >= 0.3 is 0 Å². The first kappa shape index (κ1) is 16.6. The highest BCUT2D eigenvalue weighted by Crippen LogP contribution is 2.30. The zero-order valence-corrected chi connectivity index (χ0v) is 14.8. The summed E-state index contributed by atoms with van der Waals surface area (Å²) in [6, 6.07) is 10.8. The molecule has 0 saturated heterocycles. The Morgan fingerprint density at radius 3 is 2.71 bits per heavy atom. The minimum Gasteiger partial charge on any atom is -0.329 e. The molecule has 0 aliphatic heterocycles. The van der Waals surface area contributed by atoms with Crippen molar-refractivity contribution in [3.63, 3.8) is 0 Å². The summed E-state index contributed by atoms with van der Waals surface area (Å²) in [6.45, 7) is 1.86. The molecule has 2 heterocycles. The van der Waals surface area contributed by atoms with Gasteiger partial charge in [-0.15, -0.1) is 10.2 Å². The molecule has 24 heavy (non-hydrogen) atoms. The lowest BCUT2D eigenvalue weighted by Crippen LogP contribution is -2.01. The van der Waals surface area contributed by atoms with Crippen molar-refractivity contribution >= 4 is 56.2 Å². The average molecular weight is 379 g/mol. The second-order valence-corrected chi connectivity index (χ2v) is 6.51. The predicted octanol–water partition coefficient (Wildman–Crippen LogP) is 4.82. The van der Waals surface area contributed by atoms with Gasteiger partial charge in [0.15, 0.2) is 0 Å². The van der Waals surface area contributed by atoms with Crippen LogP contribution in [0.25, 0.3) is 0 Å². The van der Waals surface area contributed by atoms with Crippen molar-refractivity contribution in [1.29, 1.82) is 0 Å². The van der Waals surface area contributed by atoms with Crippen molar-refractivity contribution in [2.24, 2.45) is 5.10 Å². The maximum atomic E-state index is 6.12. The van der Waals surface area contributed by atoms with Gasteiger partial charge < -0.3 is 5.32 Å². The number of nitrogens with one attached hydrogen (secondary N) is 2. The Morgan fingerprint density at radius 2 is 1.96 bits per heavy atom. The normalized spacial score (nSPS) is 11.4. The second-order valence-electron chi connectivity index (χ2n) is 4.69. The molecule has 0 unspecified atom stereocenters. The third kappa shape index (κ3) is 4.19. The summed E-state index contributed by atoms with van der Waals surface area (Å²) >= 11 is 13.3. The van der Waals surface area contributed by atoms with Crippen molar-refractivity contribution in [3.05, 3.63) is 58.3 Å². The lowest BCUT2D eigenvalue weighted by molar-refractivity contribution is 1.08. The monoisotopic (exact) mass is 378 g/mol. The number of hydrazone groups is 1. The highest BCUT2D eigenvalue weighted by atomic mass is 35.5. The molecule has 0 radical (unpaired) electrons. The van der Waals surface area contributed by atoms with Crippen LogP contribution in [0.1, 0.15) is 12.6 Å². The topological polar surface area (TPSA) is 75.1 Å². The fourth-order valence-electron chi connectivity index (χ4n) is 1.79. The van der Waals surface area contributed by atoms with Gasteiger partial charge in [-0.25, -0.2) is 0 Å². The molecule has 2 aromatic heterocycles. The number of benzene rings is 1. The number of nitrogens with zero attached hydrogens (tertiary/aromatic N) is 4. The van der Waals surface area contributed by atoms with E-state index >= 15 is 0 Å². The van der Waals surface area contributed by atoms with E-state index in [0.29, 0.717) is 26.0 Å². The van der Waals surface area contributed by atoms with E-state index in [0.717, 1.165) is 11.4 Å². The number of halogens is 2. The number of aromatic nitrogens is 3. The largest absolute Gasteiger partial charge is 0.329 e. The van der Waals surface area contributed by atoms with Crippen LogP contribution in [0.4, 0.5) is 16.0 Å². The van der Waals surface area contributed by atoms with Crippen molar-refractivity contribution in [3.8, 4) is 0 Å². The molecule has 3 rings (SSSR count). The molecule has 3 aromatic rings. The van der Waals surface area contributed by atoms with Gasteiger partial charge in [-0.05, 0) is 37.3 Å². The Morgan fingerprint density at radius 1 is 1.12 bits per heavy atom. The zero-order chi connectivity index (χ0) is 16.9. The SMILES string of the molecule is CC(=NNc1nnc(Nc2ccc(Cl)cc2Cl)s1)c1ccccn1. The van der Waals surface area contributed by atoms with Gasteiger partial charge in [-0.2, -0.15) is 5.10 Å². The van der Waals surface area contributed by atoms with E-state index in [2.05, 4.69) is 31.0 Å². The third-order valence-corrected chi connectivity index (χ3v) is 4.24. The summed E-state index contributed by atoms with van der Waals surface area (Å²) in [5.41, 5.74) is 5.12. The maximum absolute atomic E-state index is 6.12. The van der Waals surface area contributed by atoms with Gasteiger partial charge in [0.05, 0.1) is 22.1 Å². The van der Waals surface area contributed by atoms with Gasteiger partial charge in [-0.1, -0.05) is 40.6 Å². The molecule has 0 bridgehead atoms. The van der Waals surface area contributed by atoms with Gasteiger partial charge in [0, 0.05) is 11.2 Å². The van der Waals surface area contributed by atoms with E-state index < -0.39 is 0 Å². The lowest BCUT2D eigenvalue weighted by atomic mass is 10.3. The highest BCUT2D eigenvalue weighted by Gasteiger charge is 2.07. The minimum atomic E-state index is 0.510. The standard InChI is InChI=1S/C15H12Cl2N6S/c1-9(12-4-2-3-7-18-12)20-22-15-23-21-14(24-15)19-13-6-5-10(16)8-11(13)17/h2-8H,1H3,(H,19,21)(H,22,23). The molecule has 0 saturated carbocycles. The number of hydrogen-bond acceptors (Lipinski definition) is 7. The first-order valence-electron chi connectivity index (χ1n) is 6.89. The van der Waals surface area contributed by atoms with Crippen molar-refractivity contribution in [1.82, 2.24) is 15.2 Å². The van der Waals surface area contributed by atoms with E-state index in [-0.39, 0.29) is 0 Å². The van der Waals surface area contributed by atoms with Crippen LogP contribution in [0.15, 0.2) is 47.7 Å². The summed E-state index contributed by atoms with van der Waals surface area (Å²) < 4.78 is 0. The van der Waals surface area contributed by atoms with Gasteiger partial charge in [0.25, 0.3) is 0 Å². The first-order chi connectivity index (χ1) is 11.6. The van der Waals surface area contributed by atoms with Crippen molar-refractivity contribution in [2.75, 3.05) is 10.7 Å². The van der Waals surface area contributed by atoms with Crippen LogP contribution in [-0.2, 0) is 0 Å². The molecule has 122 valence electrons. The Balaban J connectivity index is 1.67. The fourth-order valence-corrected chi connectivity index (χ4v) is 2.85. The minimum absolute atomic E-state index is 0.510. The Hall–Kier alpha value is -2.22. The number of anilines is 3. The van der Waals surface area contributed by atoms with Crippen LogP contribution in [0, 0.1) is 0 Å². The molecular weight excluding hydrogens is 367 g/mol. The first-order valence-corrected chi connectivity index (χ1v) is 8.46. The van der Waals surface area contributed by atoms with Crippen LogP contribution >= 0.6 is 34.5 Å². The van der Waals surface area contributed by atoms with Crippen molar-refractivity contribution < 1.29 is 0 Å². The maximum Gasteiger partial charge on any atom is 0.227 e. The summed E-state index contributed by atoms with van der Waals surface area (Å²) in [5, 5.41) is 17.6. The summed E-state index contributed by atoms with van der Waals surface area (Å²) in [7, 11) is 0. The molecule has 0 amide bonds. The Labute approximate surface area is 152 Å². The van der Waals surface area contributed by atoms with E-state index in [1.165, 1.54) is 11.3 Å². The second kappa shape index (κ2) is 7.57. The van der Waals surface area contributed by atoms with E-state index in [1.54, 1.807) is 24.4 Å². The van der Waals surface area contributed by atoms with E-state index in [1.807, 2.05) is 25.1 Å². The summed E-state index contributed by atoms with van der Waals surface area (Å²) in [4.78, 5) is 4.23. The van der Waals surface area contributed by atoms with Gasteiger partial charge in [0.1, 0.15) is 0 Å². The molecule has 2 N–H and O–H groups in total. The van der Waals surface area contributed by atoms with E-state index in [9.17, 15) is 0 Å². The molecule has 0 spiro atoms. The molecule has 9 heteroatoms. The predicted molar refractivity (Wildman–Crippen MR) is 99.7 cm³/mol. The van der Waals surface area contributed by atoms with Crippen LogP contribution in [0.5, 0.6) is 0 Å². The van der Waals surface area contributed by atoms with Crippen molar-refractivity contribution in [2.45, 2.75) is 6.92 Å². The molecular formula is C15H12Cl2N6S. The molecule has 0 aliphatic rings. The highest BCUT2D eigenvalue weighted by molar-refractivity contribution is 7.19. The Bertz CT molecular complexity index is 865. The average Bonchev–Trinajstić information content (AvgIpc) is 3.03. The summed E-state index contributed by atoms with van der Waals surface area (Å²) in [6.07, 6.45) is 1.72. The van der Waals surface area contributed by atoms with Crippen LogP contribution in [0.3, 0.4) is 0 Å². The van der Waals surface area contributed by atoms with Gasteiger partial charge in [0.2, 0.25) is 10.3 Å². The molecule has 0 atom stereocenters. The number of rotatable bonds is 5. The Kier molecular flexibility index (Phi) is 5.24. The number of hydrogen-bond donors (Lipinski definition) is 2. The van der Waals surface area contributed by atoms with Crippen LogP contribution in [-0.4, -0.2) is 20.9 Å². The lowest BCUT2D eigenvalue weighted by Gasteiger charge is -2.04. The molecule has 1 aromatic carbocycles. The van der Waals surface area contributed by atoms with Gasteiger partial charge in [-0.3, -0.25) is 10.4 Å². The fraction of sp³-hybridized carbons (Fsp3) is 0.0667. The van der Waals surface area contributed by atoms with Crippen LogP contribution in [0.2, 0.25) is 10.0 Å². The van der Waals surface area contributed by atoms with E-state index in [4.69, 9.17) is 23.2 Å².